The number of nitrogens with two attached hydrogens (primary N) is 1. The van der Waals surface area contributed by atoms with Crippen LogP contribution >= 0.6 is 11.6 Å². The van der Waals surface area contributed by atoms with Crippen molar-refractivity contribution in [2.75, 3.05) is 0 Å². The molecule has 0 aliphatic carbocycles. The van der Waals surface area contributed by atoms with Crippen LogP contribution in [-0.4, -0.2) is 40.2 Å². The maximum Gasteiger partial charge on any atom is 0.315 e. The van der Waals surface area contributed by atoms with E-state index in [1.165, 1.54) is 0 Å². The van der Waals surface area contributed by atoms with Crippen molar-refractivity contribution in [1.29, 1.82) is 0 Å². The van der Waals surface area contributed by atoms with Crippen LogP contribution in [0, 0.1) is 0 Å². The van der Waals surface area contributed by atoms with Crippen molar-refractivity contribution in [3.63, 3.8) is 0 Å². The van der Waals surface area contributed by atoms with Gasteiger partial charge in [-0.05, 0) is 30.5 Å². The number of rotatable bonds is 4. The van der Waals surface area contributed by atoms with Crippen LogP contribution in [0.3, 0.4) is 0 Å². The van der Waals surface area contributed by atoms with Crippen molar-refractivity contribution in [3.05, 3.63) is 28.8 Å². The van der Waals surface area contributed by atoms with E-state index in [0.717, 1.165) is 25.7 Å². The molecule has 2 heterocycles. The fourth-order valence-electron chi connectivity index (χ4n) is 3.69. The van der Waals surface area contributed by atoms with E-state index in [1.807, 2.05) is 0 Å². The van der Waals surface area contributed by atoms with Gasteiger partial charge in [-0.1, -0.05) is 17.7 Å². The average molecular weight is 339 g/mol. The number of carboxylic acids is 1. The molecule has 124 valence electrons. The Morgan fingerprint density at radius 1 is 1.30 bits per heavy atom. The number of carbonyl (C=O) groups is 2. The maximum absolute atomic E-state index is 11.5. The fraction of sp³-hybridized carbons (Fsp3) is 0.500. The van der Waals surface area contributed by atoms with Crippen molar-refractivity contribution in [1.82, 2.24) is 4.90 Å². The van der Waals surface area contributed by atoms with E-state index in [0.29, 0.717) is 16.3 Å². The van der Waals surface area contributed by atoms with Crippen molar-refractivity contribution in [2.24, 2.45) is 5.73 Å². The SMILES string of the molecule is NC(=O)N1[C@@H]2CC[C@H]1CC(Oc1ccc(CC(=O)O)cc1Cl)C2. The number of fused-ring (bicyclic) bond motifs is 2. The number of hydrogen-bond acceptors (Lipinski definition) is 3. The van der Waals surface area contributed by atoms with E-state index < -0.39 is 5.97 Å². The van der Waals surface area contributed by atoms with E-state index >= 15 is 0 Å². The average Bonchev–Trinajstić information content (AvgIpc) is 2.73. The normalized spacial score (nSPS) is 26.1. The van der Waals surface area contributed by atoms with E-state index in [4.69, 9.17) is 27.2 Å². The van der Waals surface area contributed by atoms with Crippen LogP contribution in [0.2, 0.25) is 5.02 Å². The molecule has 23 heavy (non-hydrogen) atoms. The van der Waals surface area contributed by atoms with Gasteiger partial charge in [0.15, 0.2) is 0 Å². The Morgan fingerprint density at radius 3 is 2.48 bits per heavy atom. The third-order valence-corrected chi connectivity index (χ3v) is 4.88. The summed E-state index contributed by atoms with van der Waals surface area (Å²) in [5.74, 6) is -0.345. The lowest BCUT2D eigenvalue weighted by atomic mass is 10.00. The first kappa shape index (κ1) is 15.9. The van der Waals surface area contributed by atoms with Gasteiger partial charge in [-0.25, -0.2) is 4.79 Å². The first-order valence-corrected chi connectivity index (χ1v) is 8.06. The second kappa shape index (κ2) is 6.28. The van der Waals surface area contributed by atoms with Gasteiger partial charge in [0, 0.05) is 24.9 Å². The smallest absolute Gasteiger partial charge is 0.315 e. The number of aliphatic carboxylic acids is 1. The number of benzene rings is 1. The Hall–Kier alpha value is -1.95. The van der Waals surface area contributed by atoms with Crippen LogP contribution in [0.25, 0.3) is 0 Å². The molecule has 7 heteroatoms. The summed E-state index contributed by atoms with van der Waals surface area (Å²) in [6.45, 7) is 0. The highest BCUT2D eigenvalue weighted by molar-refractivity contribution is 6.32. The van der Waals surface area contributed by atoms with Crippen molar-refractivity contribution in [2.45, 2.75) is 50.3 Å². The van der Waals surface area contributed by atoms with E-state index in [2.05, 4.69) is 0 Å². The molecule has 0 aromatic heterocycles. The molecule has 2 aliphatic heterocycles. The molecule has 2 fully saturated rings. The minimum absolute atomic E-state index is 0.00840. The molecule has 2 saturated heterocycles. The van der Waals surface area contributed by atoms with Crippen LogP contribution in [-0.2, 0) is 11.2 Å². The number of primary amides is 1. The summed E-state index contributed by atoms with van der Waals surface area (Å²) in [6, 6.07) is 4.97. The molecule has 0 saturated carbocycles. The van der Waals surface area contributed by atoms with Gasteiger partial charge in [0.2, 0.25) is 0 Å². The number of carbonyl (C=O) groups excluding carboxylic acids is 1. The molecule has 3 rings (SSSR count). The lowest BCUT2D eigenvalue weighted by Gasteiger charge is -2.37. The summed E-state index contributed by atoms with van der Waals surface area (Å²) in [4.78, 5) is 24.0. The quantitative estimate of drug-likeness (QED) is 0.881. The standard InChI is InChI=1S/C16H19ClN2O4/c17-13-5-9(6-15(20)21)1-4-14(13)23-12-7-10-2-3-11(8-12)19(10)16(18)22/h1,4-5,10-12H,2-3,6-8H2,(H2,18,22)(H,20,21)/t10-,11+,12?. The van der Waals surface area contributed by atoms with Crippen LogP contribution in [0.1, 0.15) is 31.2 Å². The van der Waals surface area contributed by atoms with Gasteiger partial charge < -0.3 is 20.5 Å². The van der Waals surface area contributed by atoms with Gasteiger partial charge in [0.25, 0.3) is 0 Å². The van der Waals surface area contributed by atoms with Crippen molar-refractivity contribution in [3.8, 4) is 5.75 Å². The van der Waals surface area contributed by atoms with E-state index in [-0.39, 0.29) is 30.6 Å². The number of piperidine rings is 1. The van der Waals surface area contributed by atoms with Crippen LogP contribution < -0.4 is 10.5 Å². The molecule has 2 aliphatic rings. The number of urea groups is 1. The molecule has 3 N–H and O–H groups in total. The van der Waals surface area contributed by atoms with Gasteiger partial charge in [0.05, 0.1) is 11.4 Å². The molecular weight excluding hydrogens is 320 g/mol. The molecule has 0 radical (unpaired) electrons. The van der Waals surface area contributed by atoms with Crippen LogP contribution in [0.5, 0.6) is 5.75 Å². The molecule has 1 aromatic rings. The van der Waals surface area contributed by atoms with Gasteiger partial charge in [0.1, 0.15) is 11.9 Å². The number of nitrogens with zero attached hydrogens (tertiary/aromatic N) is 1. The highest BCUT2D eigenvalue weighted by atomic mass is 35.5. The molecule has 0 spiro atoms. The summed E-state index contributed by atoms with van der Waals surface area (Å²) in [6.07, 6.45) is 3.32. The largest absolute Gasteiger partial charge is 0.489 e. The number of amides is 2. The van der Waals surface area contributed by atoms with Gasteiger partial charge in [-0.2, -0.15) is 0 Å². The predicted octanol–water partition coefficient (Wildman–Crippen LogP) is 2.42. The summed E-state index contributed by atoms with van der Waals surface area (Å²) < 4.78 is 6.00. The van der Waals surface area contributed by atoms with E-state index in [1.54, 1.807) is 23.1 Å². The number of carboxylic acid groups (broad SMARTS) is 1. The lowest BCUT2D eigenvalue weighted by Crippen LogP contribution is -2.51. The molecule has 1 unspecified atom stereocenters. The van der Waals surface area contributed by atoms with Gasteiger partial charge in [-0.15, -0.1) is 0 Å². The summed E-state index contributed by atoms with van der Waals surface area (Å²) in [5, 5.41) is 9.22. The van der Waals surface area contributed by atoms with Gasteiger partial charge in [-0.3, -0.25) is 4.79 Å². The monoisotopic (exact) mass is 338 g/mol. The number of ether oxygens (including phenoxy) is 1. The number of halogens is 1. The highest BCUT2D eigenvalue weighted by Crippen LogP contribution is 2.38. The summed E-state index contributed by atoms with van der Waals surface area (Å²) >= 11 is 6.20. The summed E-state index contributed by atoms with van der Waals surface area (Å²) in [7, 11) is 0. The third kappa shape index (κ3) is 3.37. The number of hydrogen-bond donors (Lipinski definition) is 2. The topological polar surface area (TPSA) is 92.9 Å². The Bertz CT molecular complexity index is 623. The predicted molar refractivity (Wildman–Crippen MR) is 84.7 cm³/mol. The maximum atomic E-state index is 11.5. The third-order valence-electron chi connectivity index (χ3n) is 4.59. The molecule has 1 aromatic carbocycles. The zero-order valence-corrected chi connectivity index (χ0v) is 13.3. The molecular formula is C16H19ClN2O4. The second-order valence-electron chi connectivity index (χ2n) is 6.18. The molecule has 2 amide bonds. The van der Waals surface area contributed by atoms with Crippen molar-refractivity contribution >= 4 is 23.6 Å². The Kier molecular flexibility index (Phi) is 4.35. The minimum Gasteiger partial charge on any atom is -0.489 e. The first-order chi connectivity index (χ1) is 10.9. The Balaban J connectivity index is 1.67. The molecule has 6 nitrogen and oxygen atoms in total. The Labute approximate surface area is 139 Å². The van der Waals surface area contributed by atoms with E-state index in [9.17, 15) is 9.59 Å². The van der Waals surface area contributed by atoms with Gasteiger partial charge >= 0.3 is 12.0 Å². The fourth-order valence-corrected chi connectivity index (χ4v) is 3.93. The Morgan fingerprint density at radius 2 is 1.96 bits per heavy atom. The second-order valence-corrected chi connectivity index (χ2v) is 6.58. The van der Waals surface area contributed by atoms with Crippen molar-refractivity contribution < 1.29 is 19.4 Å². The lowest BCUT2D eigenvalue weighted by molar-refractivity contribution is -0.136. The first-order valence-electron chi connectivity index (χ1n) is 7.68. The summed E-state index contributed by atoms with van der Waals surface area (Å²) in [5.41, 5.74) is 6.08. The zero-order chi connectivity index (χ0) is 16.6. The molecule has 2 bridgehead atoms. The molecule has 3 atom stereocenters. The zero-order valence-electron chi connectivity index (χ0n) is 12.6. The van der Waals surface area contributed by atoms with Crippen LogP contribution in [0.4, 0.5) is 4.79 Å². The minimum atomic E-state index is -0.898. The highest BCUT2D eigenvalue weighted by Gasteiger charge is 2.43. The van der Waals surface area contributed by atoms with Crippen LogP contribution in [0.15, 0.2) is 18.2 Å².